The third kappa shape index (κ3) is 7.87. The van der Waals surface area contributed by atoms with Crippen molar-refractivity contribution in [2.45, 2.75) is 13.8 Å². The molecule has 3 N–H and O–H groups in total. The zero-order chi connectivity index (χ0) is 27.5. The number of para-hydroxylation sites is 1. The number of hydrogen-bond donors (Lipinski definition) is 3. The molecule has 0 aliphatic rings. The van der Waals surface area contributed by atoms with Crippen molar-refractivity contribution in [1.82, 2.24) is 10.2 Å². The van der Waals surface area contributed by atoms with Crippen LogP contribution in [0.2, 0.25) is 0 Å². The van der Waals surface area contributed by atoms with Crippen LogP contribution in [0.3, 0.4) is 0 Å². The number of hydrogen-bond acceptors (Lipinski definition) is 6. The second-order valence-corrected chi connectivity index (χ2v) is 9.03. The fraction of sp³-hybridized carbons (Fsp3) is 0.286. The molecule has 3 rings (SSSR count). The van der Waals surface area contributed by atoms with Crippen molar-refractivity contribution in [3.63, 3.8) is 0 Å². The van der Waals surface area contributed by atoms with Gasteiger partial charge in [-0.2, -0.15) is 0 Å². The second kappa shape index (κ2) is 14.3. The number of methoxy groups -OCH3 is 2. The summed E-state index contributed by atoms with van der Waals surface area (Å²) in [5, 5.41) is 8.45. The number of benzene rings is 3. The predicted molar refractivity (Wildman–Crippen MR) is 153 cm³/mol. The number of nitrogens with one attached hydrogen (secondary N) is 3. The fourth-order valence-electron chi connectivity index (χ4n) is 3.70. The molecule has 0 spiro atoms. The Balaban J connectivity index is 1.66. The van der Waals surface area contributed by atoms with Crippen LogP contribution in [-0.4, -0.2) is 57.2 Å². The first-order valence-electron chi connectivity index (χ1n) is 12.3. The highest BCUT2D eigenvalue weighted by Gasteiger charge is 2.16. The van der Waals surface area contributed by atoms with Crippen LogP contribution >= 0.6 is 15.9 Å². The highest BCUT2D eigenvalue weighted by atomic mass is 79.9. The van der Waals surface area contributed by atoms with E-state index in [1.807, 2.05) is 30.3 Å². The first-order chi connectivity index (χ1) is 18.4. The van der Waals surface area contributed by atoms with Crippen molar-refractivity contribution in [3.05, 3.63) is 70.7 Å². The minimum Gasteiger partial charge on any atom is -0.496 e. The van der Waals surface area contributed by atoms with Crippen LogP contribution in [0.5, 0.6) is 23.0 Å². The topological polar surface area (TPSA) is 101 Å². The average Bonchev–Trinajstić information content (AvgIpc) is 2.92. The zero-order valence-corrected chi connectivity index (χ0v) is 23.6. The summed E-state index contributed by atoms with van der Waals surface area (Å²) in [5.41, 5.74) is 1.28. The third-order valence-corrected chi connectivity index (χ3v) is 6.40. The SMILES string of the molecule is CCN(CC)CCNC(=O)c1ccc(NC(=O)Nc2cc(Br)c(Oc3ccccc3)cc2OC)cc1OC. The van der Waals surface area contributed by atoms with E-state index in [4.69, 9.17) is 14.2 Å². The standard InChI is InChI=1S/C28H33BrN4O5/c1-5-33(6-2)15-14-30-27(34)21-13-12-19(16-24(21)36-3)31-28(35)32-23-17-22(29)25(18-26(23)37-4)38-20-10-8-7-9-11-20/h7-13,16-18H,5-6,14-15H2,1-4H3,(H,30,34)(H2,31,32,35). The van der Waals surface area contributed by atoms with Crippen LogP contribution in [0.1, 0.15) is 24.2 Å². The monoisotopic (exact) mass is 584 g/mol. The van der Waals surface area contributed by atoms with Crippen molar-refractivity contribution < 1.29 is 23.8 Å². The van der Waals surface area contributed by atoms with Gasteiger partial charge < -0.3 is 35.1 Å². The molecule has 0 unspecified atom stereocenters. The van der Waals surface area contributed by atoms with E-state index in [0.717, 1.165) is 19.6 Å². The van der Waals surface area contributed by atoms with Crippen LogP contribution < -0.4 is 30.2 Å². The van der Waals surface area contributed by atoms with Gasteiger partial charge in [-0.15, -0.1) is 0 Å². The Kier molecular flexibility index (Phi) is 10.8. The smallest absolute Gasteiger partial charge is 0.323 e. The van der Waals surface area contributed by atoms with Crippen LogP contribution in [0.4, 0.5) is 16.2 Å². The molecule has 9 nitrogen and oxygen atoms in total. The van der Waals surface area contributed by atoms with Gasteiger partial charge >= 0.3 is 6.03 Å². The largest absolute Gasteiger partial charge is 0.496 e. The van der Waals surface area contributed by atoms with E-state index in [9.17, 15) is 9.59 Å². The predicted octanol–water partition coefficient (Wildman–Crippen LogP) is 5.97. The summed E-state index contributed by atoms with van der Waals surface area (Å²) in [6.45, 7) is 7.30. The molecular formula is C28H33BrN4O5. The molecule has 38 heavy (non-hydrogen) atoms. The number of carbonyl (C=O) groups is 2. The molecule has 0 saturated carbocycles. The molecule has 3 amide bonds. The Hall–Kier alpha value is -3.76. The van der Waals surface area contributed by atoms with E-state index in [-0.39, 0.29) is 5.91 Å². The minimum absolute atomic E-state index is 0.239. The van der Waals surface area contributed by atoms with Gasteiger partial charge in [0.25, 0.3) is 5.91 Å². The molecule has 0 aromatic heterocycles. The summed E-state index contributed by atoms with van der Waals surface area (Å²) in [7, 11) is 2.99. The highest BCUT2D eigenvalue weighted by Crippen LogP contribution is 2.38. The lowest BCUT2D eigenvalue weighted by Crippen LogP contribution is -2.34. The van der Waals surface area contributed by atoms with Crippen molar-refractivity contribution in [2.75, 3.05) is 51.0 Å². The van der Waals surface area contributed by atoms with Gasteiger partial charge in [-0.3, -0.25) is 4.79 Å². The molecule has 0 aliphatic heterocycles. The number of ether oxygens (including phenoxy) is 3. The van der Waals surface area contributed by atoms with Crippen molar-refractivity contribution in [3.8, 4) is 23.0 Å². The van der Waals surface area contributed by atoms with E-state index in [1.165, 1.54) is 14.2 Å². The Labute approximate surface area is 231 Å². The average molecular weight is 585 g/mol. The summed E-state index contributed by atoms with van der Waals surface area (Å²) >= 11 is 3.49. The molecular weight excluding hydrogens is 552 g/mol. The van der Waals surface area contributed by atoms with Crippen molar-refractivity contribution in [1.29, 1.82) is 0 Å². The second-order valence-electron chi connectivity index (χ2n) is 8.17. The quantitative estimate of drug-likeness (QED) is 0.242. The van der Waals surface area contributed by atoms with E-state index in [2.05, 4.69) is 50.6 Å². The highest BCUT2D eigenvalue weighted by molar-refractivity contribution is 9.10. The summed E-state index contributed by atoms with van der Waals surface area (Å²) in [6, 6.07) is 17.1. The molecule has 202 valence electrons. The number of urea groups is 1. The first-order valence-corrected chi connectivity index (χ1v) is 13.0. The molecule has 0 atom stereocenters. The Morgan fingerprint density at radius 1 is 0.868 bits per heavy atom. The molecule has 0 bridgehead atoms. The third-order valence-electron chi connectivity index (χ3n) is 5.79. The number of carbonyl (C=O) groups excluding carboxylic acids is 2. The molecule has 0 aliphatic carbocycles. The van der Waals surface area contributed by atoms with E-state index in [1.54, 1.807) is 30.3 Å². The fourth-order valence-corrected chi connectivity index (χ4v) is 4.12. The normalized spacial score (nSPS) is 10.6. The molecule has 0 heterocycles. The van der Waals surface area contributed by atoms with Gasteiger partial charge in [0.1, 0.15) is 23.0 Å². The van der Waals surface area contributed by atoms with Gasteiger partial charge in [-0.1, -0.05) is 32.0 Å². The maximum atomic E-state index is 12.8. The lowest BCUT2D eigenvalue weighted by Gasteiger charge is -2.18. The lowest BCUT2D eigenvalue weighted by molar-refractivity contribution is 0.0946. The maximum Gasteiger partial charge on any atom is 0.323 e. The maximum absolute atomic E-state index is 12.8. The summed E-state index contributed by atoms with van der Waals surface area (Å²) in [4.78, 5) is 27.7. The lowest BCUT2D eigenvalue weighted by atomic mass is 10.1. The van der Waals surface area contributed by atoms with Crippen LogP contribution in [-0.2, 0) is 0 Å². The van der Waals surface area contributed by atoms with Gasteiger partial charge in [-0.05, 0) is 59.4 Å². The van der Waals surface area contributed by atoms with E-state index >= 15 is 0 Å². The van der Waals surface area contributed by atoms with Crippen LogP contribution in [0.15, 0.2) is 65.1 Å². The van der Waals surface area contributed by atoms with Crippen LogP contribution in [0.25, 0.3) is 0 Å². The minimum atomic E-state index is -0.495. The van der Waals surface area contributed by atoms with Gasteiger partial charge in [0.05, 0.1) is 29.9 Å². The van der Waals surface area contributed by atoms with Crippen LogP contribution in [0, 0.1) is 0 Å². The van der Waals surface area contributed by atoms with E-state index in [0.29, 0.717) is 51.0 Å². The zero-order valence-electron chi connectivity index (χ0n) is 22.0. The molecule has 0 radical (unpaired) electrons. The molecule has 0 fully saturated rings. The summed E-state index contributed by atoms with van der Waals surface area (Å²) in [5.74, 6) is 1.74. The molecule has 10 heteroatoms. The van der Waals surface area contributed by atoms with Gasteiger partial charge in [0.2, 0.25) is 0 Å². The number of rotatable bonds is 12. The molecule has 3 aromatic rings. The number of halogens is 1. The number of anilines is 2. The van der Waals surface area contributed by atoms with Gasteiger partial charge in [0, 0.05) is 30.9 Å². The Morgan fingerprint density at radius 3 is 2.24 bits per heavy atom. The molecule has 0 saturated heterocycles. The van der Waals surface area contributed by atoms with Crippen molar-refractivity contribution in [2.24, 2.45) is 0 Å². The number of amides is 3. The Morgan fingerprint density at radius 2 is 1.58 bits per heavy atom. The summed E-state index contributed by atoms with van der Waals surface area (Å²) < 4.78 is 17.4. The first kappa shape index (κ1) is 28.8. The van der Waals surface area contributed by atoms with Gasteiger partial charge in [0.15, 0.2) is 0 Å². The summed E-state index contributed by atoms with van der Waals surface area (Å²) in [6.07, 6.45) is 0. The van der Waals surface area contributed by atoms with Gasteiger partial charge in [-0.25, -0.2) is 4.79 Å². The van der Waals surface area contributed by atoms with Crippen molar-refractivity contribution >= 4 is 39.2 Å². The number of likely N-dealkylation sites (N-methyl/N-ethyl adjacent to an activating group) is 1. The Bertz CT molecular complexity index is 1240. The van der Waals surface area contributed by atoms with E-state index < -0.39 is 6.03 Å². The number of nitrogens with zero attached hydrogens (tertiary/aromatic N) is 1. The molecule has 3 aromatic carbocycles.